The summed E-state index contributed by atoms with van der Waals surface area (Å²) in [5.41, 5.74) is 0.718. The van der Waals surface area contributed by atoms with Crippen LogP contribution >= 0.6 is 0 Å². The van der Waals surface area contributed by atoms with Gasteiger partial charge in [0.1, 0.15) is 5.84 Å². The van der Waals surface area contributed by atoms with Crippen LogP contribution in [0.5, 0.6) is 0 Å². The summed E-state index contributed by atoms with van der Waals surface area (Å²) >= 11 is 0. The number of amidine groups is 1. The molecular formula is C16H24BN3O3. The molecule has 0 aromatic heterocycles. The number of benzene rings is 1. The first kappa shape index (κ1) is 17.5. The monoisotopic (exact) mass is 317 g/mol. The van der Waals surface area contributed by atoms with Crippen molar-refractivity contribution in [3.05, 3.63) is 24.3 Å². The predicted molar refractivity (Wildman–Crippen MR) is 92.5 cm³/mol. The van der Waals surface area contributed by atoms with Gasteiger partial charge >= 0.3 is 13.1 Å². The highest BCUT2D eigenvalue weighted by Gasteiger charge is 2.51. The van der Waals surface area contributed by atoms with Gasteiger partial charge in [-0.1, -0.05) is 12.1 Å². The highest BCUT2D eigenvalue weighted by Crippen LogP contribution is 2.36. The minimum absolute atomic E-state index is 0.146. The molecule has 1 aromatic carbocycles. The van der Waals surface area contributed by atoms with Crippen molar-refractivity contribution in [2.45, 2.75) is 45.8 Å². The Labute approximate surface area is 137 Å². The largest absolute Gasteiger partial charge is 0.494 e. The maximum Gasteiger partial charge on any atom is 0.494 e. The van der Waals surface area contributed by atoms with Gasteiger partial charge < -0.3 is 14.6 Å². The summed E-state index contributed by atoms with van der Waals surface area (Å²) in [6.45, 7) is 9.60. The van der Waals surface area contributed by atoms with Crippen LogP contribution in [0.4, 0.5) is 10.5 Å². The molecule has 7 heteroatoms. The molecule has 0 saturated carbocycles. The SMILES string of the molecule is CNC(=O)N(C(C)=N)c1ccc(B2OC(C)(C)C(C)(C)O2)cc1. The van der Waals surface area contributed by atoms with Crippen LogP contribution in [0.25, 0.3) is 0 Å². The molecule has 124 valence electrons. The van der Waals surface area contributed by atoms with Crippen LogP contribution in [0, 0.1) is 5.41 Å². The fourth-order valence-electron chi connectivity index (χ4n) is 2.33. The first-order valence-corrected chi connectivity index (χ1v) is 7.61. The van der Waals surface area contributed by atoms with Crippen LogP contribution < -0.4 is 15.7 Å². The van der Waals surface area contributed by atoms with E-state index in [0.717, 1.165) is 5.46 Å². The fourth-order valence-corrected chi connectivity index (χ4v) is 2.33. The number of carbonyl (C=O) groups excluding carboxylic acids is 1. The van der Waals surface area contributed by atoms with E-state index in [9.17, 15) is 4.79 Å². The average molecular weight is 317 g/mol. The lowest BCUT2D eigenvalue weighted by molar-refractivity contribution is 0.00578. The Morgan fingerprint density at radius 1 is 1.13 bits per heavy atom. The lowest BCUT2D eigenvalue weighted by Crippen LogP contribution is -2.41. The summed E-state index contributed by atoms with van der Waals surface area (Å²) in [6, 6.07) is 6.94. The van der Waals surface area contributed by atoms with Gasteiger partial charge in [-0.2, -0.15) is 0 Å². The van der Waals surface area contributed by atoms with Gasteiger partial charge in [-0.15, -0.1) is 0 Å². The normalized spacial score (nSPS) is 18.6. The zero-order chi connectivity index (χ0) is 17.4. The molecule has 2 rings (SSSR count). The van der Waals surface area contributed by atoms with Crippen LogP contribution in [0.15, 0.2) is 24.3 Å². The molecule has 1 aliphatic rings. The van der Waals surface area contributed by atoms with Gasteiger partial charge in [0.05, 0.1) is 16.9 Å². The number of anilines is 1. The van der Waals surface area contributed by atoms with Crippen molar-refractivity contribution in [3.63, 3.8) is 0 Å². The van der Waals surface area contributed by atoms with Gasteiger partial charge in [-0.05, 0) is 52.2 Å². The molecule has 1 aliphatic heterocycles. The van der Waals surface area contributed by atoms with Gasteiger partial charge in [0, 0.05) is 7.05 Å². The van der Waals surface area contributed by atoms with Gasteiger partial charge in [0.2, 0.25) is 0 Å². The second-order valence-corrected chi connectivity index (χ2v) is 6.66. The number of nitrogens with zero attached hydrogens (tertiary/aromatic N) is 1. The number of urea groups is 1. The first-order chi connectivity index (χ1) is 10.6. The van der Waals surface area contributed by atoms with Crippen molar-refractivity contribution in [3.8, 4) is 0 Å². The lowest BCUT2D eigenvalue weighted by atomic mass is 9.79. The van der Waals surface area contributed by atoms with Crippen LogP contribution in [0.3, 0.4) is 0 Å². The Hall–Kier alpha value is -1.86. The fraction of sp³-hybridized carbons (Fsp3) is 0.500. The van der Waals surface area contributed by atoms with E-state index in [1.165, 1.54) is 11.9 Å². The van der Waals surface area contributed by atoms with E-state index < -0.39 is 18.3 Å². The van der Waals surface area contributed by atoms with Crippen molar-refractivity contribution >= 4 is 30.1 Å². The van der Waals surface area contributed by atoms with Crippen LogP contribution in [0.2, 0.25) is 0 Å². The van der Waals surface area contributed by atoms with E-state index in [1.807, 2.05) is 39.8 Å². The summed E-state index contributed by atoms with van der Waals surface area (Å²) in [6.07, 6.45) is 0. The van der Waals surface area contributed by atoms with Crippen molar-refractivity contribution in [1.82, 2.24) is 5.32 Å². The Bertz CT molecular complexity index is 598. The first-order valence-electron chi connectivity index (χ1n) is 7.61. The zero-order valence-electron chi connectivity index (χ0n) is 14.6. The van der Waals surface area contributed by atoms with E-state index in [-0.39, 0.29) is 11.9 Å². The molecule has 1 fully saturated rings. The quantitative estimate of drug-likeness (QED) is 0.498. The van der Waals surface area contributed by atoms with Crippen LogP contribution in [-0.4, -0.2) is 37.2 Å². The highest BCUT2D eigenvalue weighted by molar-refractivity contribution is 6.62. The molecule has 1 heterocycles. The summed E-state index contributed by atoms with van der Waals surface area (Å²) < 4.78 is 12.0. The molecule has 0 radical (unpaired) electrons. The van der Waals surface area contributed by atoms with Crippen molar-refractivity contribution in [2.75, 3.05) is 11.9 Å². The molecule has 23 heavy (non-hydrogen) atoms. The molecule has 2 amide bonds. The summed E-state index contributed by atoms with van der Waals surface area (Å²) in [5.74, 6) is 0.146. The maximum atomic E-state index is 11.9. The minimum Gasteiger partial charge on any atom is -0.399 e. The number of hydrogen-bond acceptors (Lipinski definition) is 4. The molecule has 0 atom stereocenters. The molecule has 0 aliphatic carbocycles. The molecule has 2 N–H and O–H groups in total. The number of amides is 2. The third-order valence-corrected chi connectivity index (χ3v) is 4.43. The summed E-state index contributed by atoms with van der Waals surface area (Å²) in [5, 5.41) is 10.3. The molecule has 0 spiro atoms. The summed E-state index contributed by atoms with van der Waals surface area (Å²) in [4.78, 5) is 13.2. The minimum atomic E-state index is -0.441. The Morgan fingerprint density at radius 3 is 2.00 bits per heavy atom. The van der Waals surface area contributed by atoms with Gasteiger partial charge in [0.25, 0.3) is 0 Å². The predicted octanol–water partition coefficient (Wildman–Crippen LogP) is 2.13. The van der Waals surface area contributed by atoms with Crippen molar-refractivity contribution in [2.24, 2.45) is 0 Å². The lowest BCUT2D eigenvalue weighted by Gasteiger charge is -2.32. The smallest absolute Gasteiger partial charge is 0.399 e. The zero-order valence-corrected chi connectivity index (χ0v) is 14.6. The average Bonchev–Trinajstić information content (AvgIpc) is 2.67. The van der Waals surface area contributed by atoms with Crippen LogP contribution in [0.1, 0.15) is 34.6 Å². The number of carbonyl (C=O) groups is 1. The van der Waals surface area contributed by atoms with E-state index in [0.29, 0.717) is 5.69 Å². The van der Waals surface area contributed by atoms with E-state index in [1.54, 1.807) is 19.1 Å². The Balaban J connectivity index is 2.24. The second kappa shape index (κ2) is 5.98. The van der Waals surface area contributed by atoms with Crippen LogP contribution in [-0.2, 0) is 9.31 Å². The van der Waals surface area contributed by atoms with E-state index >= 15 is 0 Å². The third kappa shape index (κ3) is 3.25. The van der Waals surface area contributed by atoms with Crippen molar-refractivity contribution < 1.29 is 14.1 Å². The molecule has 0 unspecified atom stereocenters. The topological polar surface area (TPSA) is 74.7 Å². The maximum absolute atomic E-state index is 11.9. The third-order valence-electron chi connectivity index (χ3n) is 4.43. The molecular weight excluding hydrogens is 293 g/mol. The van der Waals surface area contributed by atoms with E-state index in [2.05, 4.69) is 5.32 Å². The van der Waals surface area contributed by atoms with Gasteiger partial charge in [0.15, 0.2) is 0 Å². The van der Waals surface area contributed by atoms with Crippen molar-refractivity contribution in [1.29, 1.82) is 5.41 Å². The standard InChI is InChI=1S/C16H24BN3O3/c1-11(18)20(14(21)19-6)13-9-7-12(8-10-13)17-22-15(2,3)16(4,5)23-17/h7-10,18H,1-6H3,(H,19,21). The Morgan fingerprint density at radius 2 is 1.61 bits per heavy atom. The molecule has 0 bridgehead atoms. The number of rotatable bonds is 2. The molecule has 1 saturated heterocycles. The number of hydrogen-bond donors (Lipinski definition) is 2. The second-order valence-electron chi connectivity index (χ2n) is 6.66. The van der Waals surface area contributed by atoms with Gasteiger partial charge in [-0.25, -0.2) is 4.79 Å². The Kier molecular flexibility index (Phi) is 4.55. The summed E-state index contributed by atoms with van der Waals surface area (Å²) in [7, 11) is 1.10. The number of nitrogens with one attached hydrogen (secondary N) is 2. The van der Waals surface area contributed by atoms with E-state index in [4.69, 9.17) is 14.7 Å². The van der Waals surface area contributed by atoms with Gasteiger partial charge in [-0.3, -0.25) is 10.3 Å². The molecule has 1 aromatic rings. The highest BCUT2D eigenvalue weighted by atomic mass is 16.7. The molecule has 6 nitrogen and oxygen atoms in total.